The summed E-state index contributed by atoms with van der Waals surface area (Å²) in [6, 6.07) is 8.86. The molecule has 2 fully saturated rings. The number of benzene rings is 2. The number of nitrogens with zero attached hydrogens (tertiary/aromatic N) is 4. The minimum atomic E-state index is -3.58. The van der Waals surface area contributed by atoms with Crippen molar-refractivity contribution in [2.45, 2.75) is 37.8 Å². The lowest BCUT2D eigenvalue weighted by Crippen LogP contribution is -2.45. The zero-order valence-corrected chi connectivity index (χ0v) is 32.0. The van der Waals surface area contributed by atoms with Gasteiger partial charge in [0.05, 0.1) is 54.7 Å². The van der Waals surface area contributed by atoms with Crippen LogP contribution in [0.5, 0.6) is 0 Å². The molecular weight excluding hydrogens is 793 g/mol. The summed E-state index contributed by atoms with van der Waals surface area (Å²) < 4.78 is 24.8. The monoisotopic (exact) mass is 824 g/mol. The Morgan fingerprint density at radius 3 is 1.36 bits per heavy atom. The molecule has 0 spiro atoms. The van der Waals surface area contributed by atoms with E-state index >= 15 is 0 Å². The number of H-pyrrole nitrogens is 2. The molecule has 20 heteroatoms. The number of rotatable bonds is 12. The van der Waals surface area contributed by atoms with Gasteiger partial charge >= 0.3 is 7.60 Å². The first kappa shape index (κ1) is 39.1. The van der Waals surface area contributed by atoms with Crippen LogP contribution in [0.15, 0.2) is 48.8 Å². The Hall–Kier alpha value is -3.63. The van der Waals surface area contributed by atoms with E-state index in [0.29, 0.717) is 51.9 Å². The predicted molar refractivity (Wildman–Crippen MR) is 197 cm³/mol. The second-order valence-electron chi connectivity index (χ2n) is 12.5. The van der Waals surface area contributed by atoms with Crippen molar-refractivity contribution in [3.8, 4) is 0 Å². The van der Waals surface area contributed by atoms with E-state index in [1.807, 2.05) is 0 Å². The van der Waals surface area contributed by atoms with Gasteiger partial charge in [-0.25, -0.2) is 9.25 Å². The Bertz CT molecular complexity index is 1900. The van der Waals surface area contributed by atoms with Crippen molar-refractivity contribution >= 4 is 77.4 Å². The lowest BCUT2D eigenvalue weighted by Gasteiger charge is -2.35. The SMILES string of the molecule is CP(=O)(ON1CCC(NC(=O)c2[nH]ncc2C(=O)c2c(Cl)cccc2Cl)CC1)ON1CCC(NC(=O)c2[nH]ncc2C(=O)c2c(Cl)cccc2Cl)CC1. The zero-order valence-electron chi connectivity index (χ0n) is 28.0. The molecule has 0 aliphatic carbocycles. The van der Waals surface area contributed by atoms with E-state index < -0.39 is 31.0 Å². The summed E-state index contributed by atoms with van der Waals surface area (Å²) in [4.78, 5) is 52.6. The first-order valence-corrected chi connectivity index (χ1v) is 19.9. The smallest absolute Gasteiger partial charge is 0.348 e. The summed E-state index contributed by atoms with van der Waals surface area (Å²) >= 11 is 24.8. The number of carbonyl (C=O) groups excluding carboxylic acids is 4. The number of aromatic amines is 2. The van der Waals surface area contributed by atoms with Gasteiger partial charge in [0, 0.05) is 44.9 Å². The lowest BCUT2D eigenvalue weighted by atomic mass is 10.0. The number of hydroxylamine groups is 4. The quantitative estimate of drug-likeness (QED) is 0.0971. The molecule has 0 unspecified atom stereocenters. The van der Waals surface area contributed by atoms with Crippen molar-refractivity contribution in [2.75, 3.05) is 32.8 Å². The number of carbonyl (C=O) groups is 4. The van der Waals surface area contributed by atoms with E-state index in [2.05, 4.69) is 31.0 Å². The molecule has 2 aromatic carbocycles. The molecule has 2 aliphatic heterocycles. The highest BCUT2D eigenvalue weighted by Gasteiger charge is 2.33. The van der Waals surface area contributed by atoms with Gasteiger partial charge < -0.3 is 10.6 Å². The number of ketones is 2. The highest BCUT2D eigenvalue weighted by molar-refractivity contribution is 7.52. The van der Waals surface area contributed by atoms with E-state index in [1.165, 1.54) is 43.3 Å². The van der Waals surface area contributed by atoms with Crippen LogP contribution in [0.2, 0.25) is 20.1 Å². The van der Waals surface area contributed by atoms with E-state index in [0.717, 1.165) is 0 Å². The van der Waals surface area contributed by atoms with E-state index in [9.17, 15) is 23.7 Å². The Morgan fingerprint density at radius 2 is 1.02 bits per heavy atom. The number of halogens is 4. The molecule has 2 saturated heterocycles. The molecule has 280 valence electrons. The number of piperidine rings is 2. The fraction of sp³-hybridized carbons (Fsp3) is 0.333. The van der Waals surface area contributed by atoms with Crippen LogP contribution < -0.4 is 10.6 Å². The van der Waals surface area contributed by atoms with Gasteiger partial charge in [0.2, 0.25) is 0 Å². The summed E-state index contributed by atoms with van der Waals surface area (Å²) in [6.45, 7) is 2.78. The fourth-order valence-electron chi connectivity index (χ4n) is 6.07. The number of aromatic nitrogens is 4. The minimum absolute atomic E-state index is 0.0144. The molecule has 0 atom stereocenters. The Morgan fingerprint density at radius 1 is 0.679 bits per heavy atom. The highest BCUT2D eigenvalue weighted by Crippen LogP contribution is 2.46. The van der Waals surface area contributed by atoms with Crippen molar-refractivity contribution < 1.29 is 33.0 Å². The zero-order chi connectivity index (χ0) is 37.9. The van der Waals surface area contributed by atoms with Crippen molar-refractivity contribution in [3.05, 3.63) is 103 Å². The number of amides is 2. The summed E-state index contributed by atoms with van der Waals surface area (Å²) in [5.41, 5.74) is 0.197. The molecule has 2 amide bonds. The maximum Gasteiger partial charge on any atom is 0.360 e. The Balaban J connectivity index is 0.943. The van der Waals surface area contributed by atoms with E-state index in [4.69, 9.17) is 55.7 Å². The lowest BCUT2D eigenvalue weighted by molar-refractivity contribution is -0.136. The van der Waals surface area contributed by atoms with Gasteiger partial charge in [-0.2, -0.15) is 20.3 Å². The standard InChI is InChI=1S/C33H33Cl4N8O7P/c1-53(50,51-44-12-8-18(9-13-44)40-32(48)28-20(16-38-42-28)30(46)26-22(34)4-2-5-23(26)35)52-45-14-10-19(11-15-45)41-33(49)29-21(17-39-43-29)31(47)27-24(36)6-3-7-25(27)37/h2-7,16-19H,8-15H2,1H3,(H,38,42)(H,39,43)(H,40,48)(H,41,49). The molecule has 53 heavy (non-hydrogen) atoms. The van der Waals surface area contributed by atoms with Crippen LogP contribution in [-0.2, 0) is 13.8 Å². The normalized spacial score (nSPS) is 16.4. The minimum Gasteiger partial charge on any atom is -0.348 e. The van der Waals surface area contributed by atoms with Crippen molar-refractivity contribution in [3.63, 3.8) is 0 Å². The maximum atomic E-state index is 13.3. The third-order valence-electron chi connectivity index (χ3n) is 8.71. The first-order chi connectivity index (χ1) is 25.3. The van der Waals surface area contributed by atoms with Crippen LogP contribution >= 0.6 is 54.0 Å². The van der Waals surface area contributed by atoms with Gasteiger partial charge in [-0.05, 0) is 49.9 Å². The Labute approximate surface area is 323 Å². The predicted octanol–water partition coefficient (Wildman–Crippen LogP) is 5.98. The third-order valence-corrected chi connectivity index (χ3v) is 11.0. The van der Waals surface area contributed by atoms with Gasteiger partial charge in [-0.15, -0.1) is 0 Å². The largest absolute Gasteiger partial charge is 0.360 e. The van der Waals surface area contributed by atoms with Crippen LogP contribution in [0.1, 0.15) is 78.5 Å². The van der Waals surface area contributed by atoms with Gasteiger partial charge in [0.1, 0.15) is 11.4 Å². The van der Waals surface area contributed by atoms with Crippen molar-refractivity contribution in [1.29, 1.82) is 0 Å². The molecule has 15 nitrogen and oxygen atoms in total. The summed E-state index contributed by atoms with van der Waals surface area (Å²) in [5, 5.41) is 22.5. The average molecular weight is 826 g/mol. The topological polar surface area (TPSA) is 192 Å². The number of nitrogens with one attached hydrogen (secondary N) is 4. The molecule has 0 saturated carbocycles. The molecule has 0 radical (unpaired) electrons. The molecule has 4 N–H and O–H groups in total. The van der Waals surface area contributed by atoms with Crippen LogP contribution in [-0.4, -0.2) is 98.8 Å². The first-order valence-electron chi connectivity index (χ1n) is 16.4. The fourth-order valence-corrected chi connectivity index (χ4v) is 8.41. The van der Waals surface area contributed by atoms with Crippen LogP contribution in [0.4, 0.5) is 0 Å². The van der Waals surface area contributed by atoms with E-state index in [1.54, 1.807) is 22.3 Å². The highest BCUT2D eigenvalue weighted by atomic mass is 35.5. The van der Waals surface area contributed by atoms with Crippen molar-refractivity contribution in [2.24, 2.45) is 0 Å². The number of hydrogen-bond donors (Lipinski definition) is 4. The van der Waals surface area contributed by atoms with Gasteiger partial charge in [-0.1, -0.05) is 58.5 Å². The van der Waals surface area contributed by atoms with Crippen molar-refractivity contribution in [1.82, 2.24) is 41.2 Å². The molecule has 2 aliphatic rings. The molecule has 6 rings (SSSR count). The van der Waals surface area contributed by atoms with Crippen LogP contribution in [0, 0.1) is 0 Å². The number of hydrogen-bond acceptors (Lipinski definition) is 11. The molecule has 4 aromatic rings. The molecule has 4 heterocycles. The summed E-state index contributed by atoms with van der Waals surface area (Å²) in [6.07, 6.45) is 4.40. The molecule has 2 aromatic heterocycles. The summed E-state index contributed by atoms with van der Waals surface area (Å²) in [5.74, 6) is -2.10. The van der Waals surface area contributed by atoms with Gasteiger partial charge in [-0.3, -0.25) is 33.9 Å². The van der Waals surface area contributed by atoms with Crippen LogP contribution in [0.3, 0.4) is 0 Å². The third kappa shape index (κ3) is 9.19. The summed E-state index contributed by atoms with van der Waals surface area (Å²) in [7, 11) is -3.58. The average Bonchev–Trinajstić information content (AvgIpc) is 3.81. The maximum absolute atomic E-state index is 13.3. The molecular formula is C33H33Cl4N8O7P. The molecule has 0 bridgehead atoms. The second kappa shape index (κ2) is 16.8. The van der Waals surface area contributed by atoms with Gasteiger partial charge in [0.15, 0.2) is 11.6 Å². The Kier molecular flexibility index (Phi) is 12.4. The second-order valence-corrected chi connectivity index (χ2v) is 16.0. The van der Waals surface area contributed by atoms with Gasteiger partial charge in [0.25, 0.3) is 11.8 Å². The van der Waals surface area contributed by atoms with Crippen LogP contribution in [0.25, 0.3) is 0 Å². The van der Waals surface area contributed by atoms with E-state index in [-0.39, 0.29) is 65.8 Å².